The summed E-state index contributed by atoms with van der Waals surface area (Å²) < 4.78 is 11.7. The lowest BCUT2D eigenvalue weighted by molar-refractivity contribution is 0.174. The lowest BCUT2D eigenvalue weighted by atomic mass is 10.2. The van der Waals surface area contributed by atoms with E-state index >= 15 is 0 Å². The van der Waals surface area contributed by atoms with Gasteiger partial charge >= 0.3 is 0 Å². The van der Waals surface area contributed by atoms with Crippen molar-refractivity contribution < 1.29 is 9.47 Å². The van der Waals surface area contributed by atoms with Crippen molar-refractivity contribution in [2.24, 2.45) is 0 Å². The quantitative estimate of drug-likeness (QED) is 0.684. The molecule has 0 atom stereocenters. The topological polar surface area (TPSA) is 30.5 Å². The zero-order chi connectivity index (χ0) is 12.1. The molecule has 1 aliphatic rings. The van der Waals surface area contributed by atoms with Crippen molar-refractivity contribution in [3.05, 3.63) is 22.2 Å². The first-order valence-corrected chi connectivity index (χ1v) is 6.29. The second-order valence-electron chi connectivity index (χ2n) is 3.65. The summed E-state index contributed by atoms with van der Waals surface area (Å²) in [6, 6.07) is 3.95. The molecule has 1 aliphatic heterocycles. The Morgan fingerprint density at radius 2 is 2.12 bits per heavy atom. The van der Waals surface area contributed by atoms with Gasteiger partial charge in [-0.15, -0.1) is 11.8 Å². The molecule has 1 aromatic rings. The summed E-state index contributed by atoms with van der Waals surface area (Å²) in [5, 5.41) is 3.34. The summed E-state index contributed by atoms with van der Waals surface area (Å²) in [6.07, 6.45) is 0.874. The number of nitrogens with one attached hydrogen (secondary N) is 1. The molecule has 0 aromatic heterocycles. The molecule has 1 aromatic carbocycles. The van der Waals surface area contributed by atoms with Crippen LogP contribution in [0.2, 0.25) is 0 Å². The number of ether oxygens (including phenoxy) is 2. The van der Waals surface area contributed by atoms with Crippen LogP contribution >= 0.6 is 15.9 Å². The number of fused-ring (bicyclic) bond motifs is 1. The van der Waals surface area contributed by atoms with Gasteiger partial charge in [0.2, 0.25) is 6.79 Å². The second kappa shape index (κ2) is 5.95. The van der Waals surface area contributed by atoms with Crippen LogP contribution < -0.4 is 14.8 Å². The number of hydrogen-bond acceptors (Lipinski definition) is 3. The Morgan fingerprint density at radius 1 is 1.35 bits per heavy atom. The van der Waals surface area contributed by atoms with Gasteiger partial charge in [0.15, 0.2) is 11.5 Å². The monoisotopic (exact) mass is 295 g/mol. The van der Waals surface area contributed by atoms with Gasteiger partial charge in [0.1, 0.15) is 0 Å². The van der Waals surface area contributed by atoms with Crippen LogP contribution in [0.5, 0.6) is 11.5 Å². The number of rotatable bonds is 4. The lowest BCUT2D eigenvalue weighted by Crippen LogP contribution is -2.14. The lowest BCUT2D eigenvalue weighted by Gasteiger charge is -2.07. The van der Waals surface area contributed by atoms with Gasteiger partial charge in [-0.1, -0.05) is 15.9 Å². The molecule has 0 unspecified atom stereocenters. The van der Waals surface area contributed by atoms with Gasteiger partial charge in [0.25, 0.3) is 0 Å². The molecule has 0 spiro atoms. The Balaban J connectivity index is 1.93. The van der Waals surface area contributed by atoms with Gasteiger partial charge in [-0.25, -0.2) is 0 Å². The molecule has 0 aliphatic carbocycles. The normalized spacial score (nSPS) is 12.1. The predicted molar refractivity (Wildman–Crippen MR) is 70.0 cm³/mol. The fourth-order valence-corrected chi connectivity index (χ4v) is 2.06. The Kier molecular flexibility index (Phi) is 4.29. The number of benzene rings is 1. The second-order valence-corrected chi connectivity index (χ2v) is 4.50. The average molecular weight is 296 g/mol. The molecule has 3 nitrogen and oxygen atoms in total. The summed E-state index contributed by atoms with van der Waals surface area (Å²) in [7, 11) is 0. The van der Waals surface area contributed by atoms with Crippen molar-refractivity contribution >= 4 is 15.9 Å². The Bertz CT molecular complexity index is 462. The van der Waals surface area contributed by atoms with E-state index in [9.17, 15) is 0 Å². The molecule has 17 heavy (non-hydrogen) atoms. The van der Waals surface area contributed by atoms with E-state index in [0.29, 0.717) is 6.79 Å². The maximum absolute atomic E-state index is 5.35. The molecule has 4 heteroatoms. The van der Waals surface area contributed by atoms with Crippen molar-refractivity contribution in [2.75, 3.05) is 13.3 Å². The largest absolute Gasteiger partial charge is 0.454 e. The molecule has 0 amide bonds. The van der Waals surface area contributed by atoms with E-state index in [1.165, 1.54) is 5.56 Å². The SMILES string of the molecule is CC#CCCNCc1cc2c(cc1Br)OCO2. The third kappa shape index (κ3) is 3.15. The summed E-state index contributed by atoms with van der Waals surface area (Å²) in [5.41, 5.74) is 1.17. The number of hydrogen-bond donors (Lipinski definition) is 1. The van der Waals surface area contributed by atoms with Gasteiger partial charge < -0.3 is 14.8 Å². The third-order valence-electron chi connectivity index (χ3n) is 2.46. The average Bonchev–Trinajstić information content (AvgIpc) is 2.76. The fourth-order valence-electron chi connectivity index (χ4n) is 1.59. The molecule has 0 saturated heterocycles. The summed E-state index contributed by atoms with van der Waals surface area (Å²) in [5.74, 6) is 7.52. The van der Waals surface area contributed by atoms with Gasteiger partial charge in [-0.3, -0.25) is 0 Å². The first kappa shape index (κ1) is 12.3. The van der Waals surface area contributed by atoms with Crippen molar-refractivity contribution in [1.29, 1.82) is 0 Å². The van der Waals surface area contributed by atoms with Crippen molar-refractivity contribution in [3.8, 4) is 23.3 Å². The molecule has 0 radical (unpaired) electrons. The first-order chi connectivity index (χ1) is 8.31. The van der Waals surface area contributed by atoms with E-state index in [2.05, 4.69) is 33.1 Å². The van der Waals surface area contributed by atoms with Crippen LogP contribution in [0, 0.1) is 11.8 Å². The Labute approximate surface area is 110 Å². The highest BCUT2D eigenvalue weighted by Crippen LogP contribution is 2.36. The van der Waals surface area contributed by atoms with E-state index < -0.39 is 0 Å². The van der Waals surface area contributed by atoms with Crippen LogP contribution in [0.25, 0.3) is 0 Å². The van der Waals surface area contributed by atoms with Crippen molar-refractivity contribution in [3.63, 3.8) is 0 Å². The molecular weight excluding hydrogens is 282 g/mol. The highest BCUT2D eigenvalue weighted by atomic mass is 79.9. The van der Waals surface area contributed by atoms with Crippen molar-refractivity contribution in [2.45, 2.75) is 19.9 Å². The van der Waals surface area contributed by atoms with Crippen molar-refractivity contribution in [1.82, 2.24) is 5.32 Å². The maximum atomic E-state index is 5.35. The van der Waals surface area contributed by atoms with Crippen LogP contribution in [-0.4, -0.2) is 13.3 Å². The summed E-state index contributed by atoms with van der Waals surface area (Å²) in [4.78, 5) is 0. The smallest absolute Gasteiger partial charge is 0.231 e. The minimum Gasteiger partial charge on any atom is -0.454 e. The van der Waals surface area contributed by atoms with Gasteiger partial charge in [0.05, 0.1) is 0 Å². The molecule has 2 rings (SSSR count). The highest BCUT2D eigenvalue weighted by molar-refractivity contribution is 9.10. The summed E-state index contributed by atoms with van der Waals surface area (Å²) >= 11 is 3.53. The Morgan fingerprint density at radius 3 is 2.88 bits per heavy atom. The first-order valence-electron chi connectivity index (χ1n) is 5.49. The van der Waals surface area contributed by atoms with E-state index in [1.807, 2.05) is 19.1 Å². The zero-order valence-electron chi connectivity index (χ0n) is 9.68. The van der Waals surface area contributed by atoms with Gasteiger partial charge in [-0.2, -0.15) is 0 Å². The van der Waals surface area contributed by atoms with Gasteiger partial charge in [0, 0.05) is 24.0 Å². The van der Waals surface area contributed by atoms with Crippen LogP contribution in [0.3, 0.4) is 0 Å². The van der Waals surface area contributed by atoms with Crippen LogP contribution in [0.15, 0.2) is 16.6 Å². The minimum absolute atomic E-state index is 0.310. The maximum Gasteiger partial charge on any atom is 0.231 e. The van der Waals surface area contributed by atoms with Crippen LogP contribution in [0.1, 0.15) is 18.9 Å². The molecule has 1 heterocycles. The molecule has 0 saturated carbocycles. The standard InChI is InChI=1S/C13H14BrNO2/c1-2-3-4-5-15-8-10-6-12-13(7-11(10)14)17-9-16-12/h6-7,15H,4-5,8-9H2,1H3. The predicted octanol–water partition coefficient (Wildman–Crippen LogP) is 2.68. The molecule has 0 fully saturated rings. The molecular formula is C13H14BrNO2. The molecule has 90 valence electrons. The fraction of sp³-hybridized carbons (Fsp3) is 0.385. The minimum atomic E-state index is 0.310. The Hall–Kier alpha value is -1.18. The zero-order valence-corrected chi connectivity index (χ0v) is 11.3. The summed E-state index contributed by atoms with van der Waals surface area (Å²) in [6.45, 7) is 3.85. The van der Waals surface area contributed by atoms with Crippen LogP contribution in [-0.2, 0) is 6.54 Å². The molecule has 0 bridgehead atoms. The van der Waals surface area contributed by atoms with Gasteiger partial charge in [-0.05, 0) is 24.6 Å². The molecule has 1 N–H and O–H groups in total. The highest BCUT2D eigenvalue weighted by Gasteiger charge is 2.15. The van der Waals surface area contributed by atoms with E-state index in [0.717, 1.165) is 35.5 Å². The third-order valence-corrected chi connectivity index (χ3v) is 3.20. The van der Waals surface area contributed by atoms with E-state index in [1.54, 1.807) is 0 Å². The number of halogens is 1. The van der Waals surface area contributed by atoms with E-state index in [4.69, 9.17) is 9.47 Å². The van der Waals surface area contributed by atoms with E-state index in [-0.39, 0.29) is 0 Å². The van der Waals surface area contributed by atoms with Crippen LogP contribution in [0.4, 0.5) is 0 Å².